The van der Waals surface area contributed by atoms with Crippen molar-refractivity contribution in [2.75, 3.05) is 7.05 Å². The van der Waals surface area contributed by atoms with Gasteiger partial charge in [0.1, 0.15) is 23.3 Å². The number of imidazole rings is 1. The van der Waals surface area contributed by atoms with Crippen LogP contribution in [0.2, 0.25) is 0 Å². The molecule has 0 bridgehead atoms. The van der Waals surface area contributed by atoms with Crippen molar-refractivity contribution in [1.29, 1.82) is 0 Å². The molecule has 1 fully saturated rings. The van der Waals surface area contributed by atoms with Crippen molar-refractivity contribution in [3.63, 3.8) is 0 Å². The summed E-state index contributed by atoms with van der Waals surface area (Å²) < 4.78 is 15.5. The van der Waals surface area contributed by atoms with E-state index in [1.165, 1.54) is 12.1 Å². The standard InChI is InChI=1S/C18H24FN7/c1-3-26-17(23-24-18(26)11-6-13(20)7-11)10-25(2)9-16-21-14-5-4-12(19)8-15(14)22-16/h4-5,8,11,13H,3,6-7,9-10,20H2,1-2H3,(H,21,22). The lowest BCUT2D eigenvalue weighted by Gasteiger charge is -2.31. The van der Waals surface area contributed by atoms with E-state index in [1.807, 2.05) is 7.05 Å². The number of hydrogen-bond donors (Lipinski definition) is 2. The van der Waals surface area contributed by atoms with E-state index in [0.717, 1.165) is 42.4 Å². The Balaban J connectivity index is 1.46. The van der Waals surface area contributed by atoms with E-state index in [1.54, 1.807) is 6.07 Å². The van der Waals surface area contributed by atoms with Crippen LogP contribution in [0.3, 0.4) is 0 Å². The second-order valence-corrected chi connectivity index (χ2v) is 7.16. The highest BCUT2D eigenvalue weighted by molar-refractivity contribution is 5.74. The first kappa shape index (κ1) is 17.1. The highest BCUT2D eigenvalue weighted by atomic mass is 19.1. The first-order valence-electron chi connectivity index (χ1n) is 9.03. The maximum atomic E-state index is 13.3. The molecule has 2 heterocycles. The molecule has 1 aromatic carbocycles. The summed E-state index contributed by atoms with van der Waals surface area (Å²) in [7, 11) is 2.02. The highest BCUT2D eigenvalue weighted by Crippen LogP contribution is 2.34. The summed E-state index contributed by atoms with van der Waals surface area (Å²) in [6.45, 7) is 4.26. The Morgan fingerprint density at radius 1 is 1.31 bits per heavy atom. The van der Waals surface area contributed by atoms with Gasteiger partial charge in [0.25, 0.3) is 0 Å². The monoisotopic (exact) mass is 357 g/mol. The molecular formula is C18H24FN7. The first-order chi connectivity index (χ1) is 12.5. The quantitative estimate of drug-likeness (QED) is 0.706. The lowest BCUT2D eigenvalue weighted by Crippen LogP contribution is -2.36. The average Bonchev–Trinajstić information content (AvgIpc) is 3.14. The molecule has 0 radical (unpaired) electrons. The summed E-state index contributed by atoms with van der Waals surface area (Å²) in [4.78, 5) is 9.83. The van der Waals surface area contributed by atoms with Crippen LogP contribution >= 0.6 is 0 Å². The van der Waals surface area contributed by atoms with Crippen LogP contribution in [0, 0.1) is 5.82 Å². The lowest BCUT2D eigenvalue weighted by atomic mass is 9.80. The van der Waals surface area contributed by atoms with Crippen LogP contribution in [0.5, 0.6) is 0 Å². The molecule has 3 N–H and O–H groups in total. The molecule has 0 saturated heterocycles. The fraction of sp³-hybridized carbons (Fsp3) is 0.500. The van der Waals surface area contributed by atoms with Crippen LogP contribution in [0.15, 0.2) is 18.2 Å². The number of aromatic amines is 1. The van der Waals surface area contributed by atoms with Crippen molar-refractivity contribution >= 4 is 11.0 Å². The summed E-state index contributed by atoms with van der Waals surface area (Å²) >= 11 is 0. The minimum atomic E-state index is -0.264. The van der Waals surface area contributed by atoms with Crippen LogP contribution in [0.25, 0.3) is 11.0 Å². The van der Waals surface area contributed by atoms with Crippen LogP contribution in [-0.2, 0) is 19.6 Å². The molecule has 0 aliphatic heterocycles. The smallest absolute Gasteiger partial charge is 0.147 e. The zero-order chi connectivity index (χ0) is 18.3. The van der Waals surface area contributed by atoms with Gasteiger partial charge in [-0.2, -0.15) is 0 Å². The van der Waals surface area contributed by atoms with Crippen LogP contribution < -0.4 is 5.73 Å². The van der Waals surface area contributed by atoms with Gasteiger partial charge in [0.15, 0.2) is 0 Å². The van der Waals surface area contributed by atoms with Gasteiger partial charge >= 0.3 is 0 Å². The Hall–Kier alpha value is -2.32. The van der Waals surface area contributed by atoms with Gasteiger partial charge in [-0.05, 0) is 45.0 Å². The number of aromatic nitrogens is 5. The number of hydrogen-bond acceptors (Lipinski definition) is 5. The van der Waals surface area contributed by atoms with Crippen LogP contribution in [0.4, 0.5) is 4.39 Å². The topological polar surface area (TPSA) is 88.7 Å². The van der Waals surface area contributed by atoms with Crippen LogP contribution in [-0.4, -0.2) is 42.7 Å². The Labute approximate surface area is 151 Å². The molecule has 7 nitrogen and oxygen atoms in total. The Bertz CT molecular complexity index is 910. The number of H-pyrrole nitrogens is 1. The SMILES string of the molecule is CCn1c(CN(C)Cc2nc3ccc(F)cc3[nH]2)nnc1C1CC(N)C1. The fourth-order valence-corrected chi connectivity index (χ4v) is 3.65. The summed E-state index contributed by atoms with van der Waals surface area (Å²) in [5.41, 5.74) is 7.40. The molecule has 1 aliphatic rings. The summed E-state index contributed by atoms with van der Waals surface area (Å²) in [6, 6.07) is 4.88. The predicted octanol–water partition coefficient (Wildman–Crippen LogP) is 2.15. The van der Waals surface area contributed by atoms with Crippen molar-refractivity contribution in [1.82, 2.24) is 29.6 Å². The summed E-state index contributed by atoms with van der Waals surface area (Å²) in [6.07, 6.45) is 1.98. The fourth-order valence-electron chi connectivity index (χ4n) is 3.65. The molecule has 4 rings (SSSR count). The molecule has 0 amide bonds. The Morgan fingerprint density at radius 3 is 2.85 bits per heavy atom. The summed E-state index contributed by atoms with van der Waals surface area (Å²) in [5.74, 6) is 2.98. The molecule has 26 heavy (non-hydrogen) atoms. The minimum absolute atomic E-state index is 0.264. The minimum Gasteiger partial charge on any atom is -0.341 e. The molecule has 2 aromatic heterocycles. The van der Waals surface area contributed by atoms with Gasteiger partial charge in [-0.15, -0.1) is 10.2 Å². The number of nitrogens with one attached hydrogen (secondary N) is 1. The van der Waals surface area contributed by atoms with E-state index in [9.17, 15) is 4.39 Å². The van der Waals surface area contributed by atoms with Crippen LogP contribution in [0.1, 0.15) is 43.2 Å². The zero-order valence-electron chi connectivity index (χ0n) is 15.1. The van der Waals surface area contributed by atoms with Crippen molar-refractivity contribution < 1.29 is 4.39 Å². The average molecular weight is 357 g/mol. The number of nitrogens with zero attached hydrogens (tertiary/aromatic N) is 5. The largest absolute Gasteiger partial charge is 0.341 e. The molecule has 0 unspecified atom stereocenters. The Kier molecular flexibility index (Phi) is 4.46. The second-order valence-electron chi connectivity index (χ2n) is 7.16. The number of fused-ring (bicyclic) bond motifs is 1. The summed E-state index contributed by atoms with van der Waals surface area (Å²) in [5, 5.41) is 8.81. The van der Waals surface area contributed by atoms with E-state index in [2.05, 4.69) is 36.6 Å². The number of halogens is 1. The van der Waals surface area contributed by atoms with E-state index < -0.39 is 0 Å². The number of rotatable bonds is 6. The van der Waals surface area contributed by atoms with Gasteiger partial charge in [-0.3, -0.25) is 4.90 Å². The second kappa shape index (κ2) is 6.77. The molecule has 0 atom stereocenters. The lowest BCUT2D eigenvalue weighted by molar-refractivity contribution is 0.294. The van der Waals surface area contributed by atoms with E-state index in [4.69, 9.17) is 5.73 Å². The molecule has 0 spiro atoms. The molecule has 8 heteroatoms. The number of benzene rings is 1. The van der Waals surface area contributed by atoms with Crippen molar-refractivity contribution in [3.05, 3.63) is 41.5 Å². The normalized spacial score (nSPS) is 20.0. The third kappa shape index (κ3) is 3.22. The van der Waals surface area contributed by atoms with Gasteiger partial charge in [-0.25, -0.2) is 9.37 Å². The van der Waals surface area contributed by atoms with Crippen molar-refractivity contribution in [3.8, 4) is 0 Å². The predicted molar refractivity (Wildman–Crippen MR) is 96.9 cm³/mol. The molecule has 1 saturated carbocycles. The van der Waals surface area contributed by atoms with Gasteiger partial charge in [-0.1, -0.05) is 0 Å². The molecule has 138 valence electrons. The first-order valence-corrected chi connectivity index (χ1v) is 9.03. The maximum Gasteiger partial charge on any atom is 0.147 e. The molecule has 3 aromatic rings. The van der Waals surface area contributed by atoms with Crippen molar-refractivity contribution in [2.45, 2.75) is 51.4 Å². The third-order valence-corrected chi connectivity index (χ3v) is 5.04. The van der Waals surface area contributed by atoms with Gasteiger partial charge in [0.2, 0.25) is 0 Å². The Morgan fingerprint density at radius 2 is 2.12 bits per heavy atom. The molecular weight excluding hydrogens is 333 g/mol. The zero-order valence-corrected chi connectivity index (χ0v) is 15.1. The van der Waals surface area contributed by atoms with Gasteiger partial charge < -0.3 is 15.3 Å². The van der Waals surface area contributed by atoms with E-state index >= 15 is 0 Å². The van der Waals surface area contributed by atoms with Crippen molar-refractivity contribution in [2.24, 2.45) is 5.73 Å². The van der Waals surface area contributed by atoms with Gasteiger partial charge in [0.05, 0.1) is 24.1 Å². The van der Waals surface area contributed by atoms with E-state index in [-0.39, 0.29) is 5.82 Å². The maximum absolute atomic E-state index is 13.3. The third-order valence-electron chi connectivity index (χ3n) is 5.04. The van der Waals surface area contributed by atoms with E-state index in [0.29, 0.717) is 30.6 Å². The molecule has 1 aliphatic carbocycles. The highest BCUT2D eigenvalue weighted by Gasteiger charge is 2.32. The number of nitrogens with two attached hydrogens (primary N) is 1. The van der Waals surface area contributed by atoms with Gasteiger partial charge in [0, 0.05) is 18.5 Å².